The Labute approximate surface area is 297 Å². The van der Waals surface area contributed by atoms with Crippen molar-refractivity contribution in [1.82, 2.24) is 10.0 Å². The van der Waals surface area contributed by atoms with Crippen LogP contribution < -0.4 is 4.74 Å². The number of fused-ring (bicyclic) bond motifs is 1. The highest BCUT2D eigenvalue weighted by atomic mass is 79.9. The van der Waals surface area contributed by atoms with Gasteiger partial charge >= 0.3 is 0 Å². The summed E-state index contributed by atoms with van der Waals surface area (Å²) in [7, 11) is 0. The number of benzene rings is 4. The highest BCUT2D eigenvalue weighted by molar-refractivity contribution is 9.15. The zero-order valence-corrected chi connectivity index (χ0v) is 29.9. The molecule has 0 radical (unpaired) electrons. The van der Waals surface area contributed by atoms with Crippen molar-refractivity contribution >= 4 is 116 Å². The lowest BCUT2D eigenvalue weighted by atomic mass is 10.1. The van der Waals surface area contributed by atoms with Crippen molar-refractivity contribution in [2.24, 2.45) is 0 Å². The summed E-state index contributed by atoms with van der Waals surface area (Å²) >= 11 is 25.7. The van der Waals surface area contributed by atoms with Gasteiger partial charge in [-0.2, -0.15) is 5.01 Å². The molecule has 16 heteroatoms. The van der Waals surface area contributed by atoms with Gasteiger partial charge in [0.1, 0.15) is 18.0 Å². The number of carbonyl (C=O) groups is 4. The third-order valence-corrected chi connectivity index (χ3v) is 11.8. The Bertz CT molecular complexity index is 1890. The summed E-state index contributed by atoms with van der Waals surface area (Å²) in [5.74, 6) is -2.57. The molecule has 0 atom stereocenters. The Morgan fingerprint density at radius 2 is 1.31 bits per heavy atom. The first kappa shape index (κ1) is 33.2. The maximum absolute atomic E-state index is 13.9. The summed E-state index contributed by atoms with van der Waals surface area (Å²) in [5.41, 5.74) is -0.113. The Hall–Kier alpha value is -3.14. The van der Waals surface area contributed by atoms with Gasteiger partial charge < -0.3 is 4.74 Å². The van der Waals surface area contributed by atoms with Gasteiger partial charge in [0.2, 0.25) is 0 Å². The molecule has 0 aromatic heterocycles. The molecular weight excluding hydrogens is 893 g/mol. The Kier molecular flexibility index (Phi) is 9.82. The molecule has 0 spiro atoms. The minimum absolute atomic E-state index is 0.0258. The van der Waals surface area contributed by atoms with E-state index in [0.29, 0.717) is 25.5 Å². The first-order chi connectivity index (χ1) is 21.3. The molecule has 0 unspecified atom stereocenters. The van der Waals surface area contributed by atoms with E-state index in [4.69, 9.17) is 27.9 Å². The molecule has 4 aromatic carbocycles. The molecule has 45 heavy (non-hydrogen) atoms. The molecule has 10 nitrogen and oxygen atoms in total. The van der Waals surface area contributed by atoms with Gasteiger partial charge in [-0.1, -0.05) is 23.2 Å². The van der Waals surface area contributed by atoms with Crippen molar-refractivity contribution < 1.29 is 28.8 Å². The van der Waals surface area contributed by atoms with Crippen LogP contribution in [-0.2, 0) is 0 Å². The third kappa shape index (κ3) is 6.44. The Morgan fingerprint density at radius 1 is 0.800 bits per heavy atom. The van der Waals surface area contributed by atoms with Crippen LogP contribution in [0.5, 0.6) is 11.5 Å². The van der Waals surface area contributed by atoms with Gasteiger partial charge in [0.05, 0.1) is 26.6 Å². The van der Waals surface area contributed by atoms with Gasteiger partial charge in [-0.3, -0.25) is 29.3 Å². The lowest BCUT2D eigenvalue weighted by Gasteiger charge is -2.29. The molecule has 1 aliphatic rings. The monoisotopic (exact) mass is 901 g/mol. The Morgan fingerprint density at radius 3 is 1.80 bits per heavy atom. The maximum atomic E-state index is 13.9. The largest absolute Gasteiger partial charge is 0.457 e. The number of nitro benzene ring substituents is 1. The van der Waals surface area contributed by atoms with Crippen LogP contribution in [0.1, 0.15) is 41.4 Å². The normalized spacial score (nSPS) is 12.3. The summed E-state index contributed by atoms with van der Waals surface area (Å²) < 4.78 is 7.12. The van der Waals surface area contributed by atoms with Crippen LogP contribution in [0.25, 0.3) is 0 Å². The minimum Gasteiger partial charge on any atom is -0.457 e. The number of halogens is 6. The first-order valence-electron chi connectivity index (χ1n) is 12.4. The average molecular weight is 906 g/mol. The zero-order chi connectivity index (χ0) is 32.7. The van der Waals surface area contributed by atoms with Gasteiger partial charge in [0.15, 0.2) is 5.78 Å². The van der Waals surface area contributed by atoms with Gasteiger partial charge in [0.25, 0.3) is 23.4 Å². The summed E-state index contributed by atoms with van der Waals surface area (Å²) in [6.07, 6.45) is 0. The molecule has 0 N–H and O–H groups in total. The molecule has 0 aliphatic carbocycles. The number of hydrazine groups is 1. The number of non-ortho nitro benzene ring substituents is 1. The standard InChI is InChI=1S/C29H13Br4Cl2N3O7/c30-23-21-22(24(31)26(33)25(23)32)29(42)37(28(21)41)36(27(40)18-10-3-14(34)11-19(18)35)12-20(39)13-1-6-16(7-2-13)45-17-8-4-15(5-9-17)38(43)44/h1-11H,12H2. The van der Waals surface area contributed by atoms with Gasteiger partial charge in [0, 0.05) is 40.6 Å². The number of ketones is 1. The van der Waals surface area contributed by atoms with E-state index in [-0.39, 0.29) is 46.9 Å². The number of hydrogen-bond acceptors (Lipinski definition) is 7. The molecule has 3 amide bonds. The minimum atomic E-state index is -0.900. The predicted octanol–water partition coefficient (Wildman–Crippen LogP) is 9.28. The van der Waals surface area contributed by atoms with Gasteiger partial charge in [-0.15, -0.1) is 0 Å². The van der Waals surface area contributed by atoms with Gasteiger partial charge in [-0.05, 0) is 118 Å². The van der Waals surface area contributed by atoms with Crippen LogP contribution in [0.2, 0.25) is 10.0 Å². The summed E-state index contributed by atoms with van der Waals surface area (Å²) in [4.78, 5) is 65.3. The number of nitro groups is 1. The smallest absolute Gasteiger partial charge is 0.282 e. The number of ether oxygens (including phenoxy) is 1. The van der Waals surface area contributed by atoms with Crippen LogP contribution in [-0.4, -0.2) is 45.0 Å². The molecule has 0 bridgehead atoms. The fraction of sp³-hybridized carbons (Fsp3) is 0.0345. The van der Waals surface area contributed by atoms with E-state index < -0.39 is 35.0 Å². The molecule has 5 rings (SSSR count). The van der Waals surface area contributed by atoms with Crippen LogP contribution in [0.4, 0.5) is 5.69 Å². The highest BCUT2D eigenvalue weighted by Crippen LogP contribution is 2.45. The van der Waals surface area contributed by atoms with Gasteiger partial charge in [-0.25, -0.2) is 5.01 Å². The lowest BCUT2D eigenvalue weighted by molar-refractivity contribution is -0.384. The first-order valence-corrected chi connectivity index (χ1v) is 16.3. The van der Waals surface area contributed by atoms with Crippen molar-refractivity contribution in [2.75, 3.05) is 6.54 Å². The molecule has 1 heterocycles. The van der Waals surface area contributed by atoms with Crippen LogP contribution in [0, 0.1) is 10.1 Å². The van der Waals surface area contributed by atoms with E-state index in [1.807, 2.05) is 0 Å². The third-order valence-electron chi connectivity index (χ3n) is 6.47. The molecular formula is C29H13Br4Cl2N3O7. The Balaban J connectivity index is 1.47. The van der Waals surface area contributed by atoms with Crippen LogP contribution in [0.3, 0.4) is 0 Å². The fourth-order valence-electron chi connectivity index (χ4n) is 4.30. The second-order valence-electron chi connectivity index (χ2n) is 9.22. The number of rotatable bonds is 8. The SMILES string of the molecule is O=C(CN(C(=O)c1ccc(Cl)cc1Cl)N1C(=O)c2c(Br)c(Br)c(Br)c(Br)c2C1=O)c1ccc(Oc2ccc([N+](=O)[O-])cc2)cc1. The quantitative estimate of drug-likeness (QED) is 0.0431. The van der Waals surface area contributed by atoms with Crippen molar-refractivity contribution in [3.05, 3.63) is 127 Å². The molecule has 228 valence electrons. The lowest BCUT2D eigenvalue weighted by Crippen LogP contribution is -2.51. The molecule has 0 saturated carbocycles. The number of amides is 3. The maximum Gasteiger partial charge on any atom is 0.282 e. The van der Waals surface area contributed by atoms with Crippen molar-refractivity contribution in [3.63, 3.8) is 0 Å². The average Bonchev–Trinajstić information content (AvgIpc) is 3.27. The molecule has 4 aromatic rings. The predicted molar refractivity (Wildman–Crippen MR) is 179 cm³/mol. The second-order valence-corrected chi connectivity index (χ2v) is 13.2. The number of Topliss-reactive ketones (excluding diaryl/α,β-unsaturated/α-hetero) is 1. The molecule has 0 saturated heterocycles. The van der Waals surface area contributed by atoms with E-state index in [1.54, 1.807) is 0 Å². The van der Waals surface area contributed by atoms with E-state index in [9.17, 15) is 29.3 Å². The summed E-state index contributed by atoms with van der Waals surface area (Å²) in [6.45, 7) is -0.719. The molecule has 1 aliphatic heterocycles. The fourth-order valence-corrected chi connectivity index (χ4v) is 7.25. The highest BCUT2D eigenvalue weighted by Gasteiger charge is 2.46. The van der Waals surface area contributed by atoms with E-state index >= 15 is 0 Å². The number of hydrogen-bond donors (Lipinski definition) is 0. The van der Waals surface area contributed by atoms with E-state index in [0.717, 1.165) is 5.01 Å². The van der Waals surface area contributed by atoms with Crippen LogP contribution >= 0.6 is 86.9 Å². The van der Waals surface area contributed by atoms with Crippen LogP contribution in [0.15, 0.2) is 84.6 Å². The topological polar surface area (TPSA) is 127 Å². The summed E-state index contributed by atoms with van der Waals surface area (Å²) in [5, 5.41) is 12.4. The van der Waals surface area contributed by atoms with E-state index in [2.05, 4.69) is 63.7 Å². The zero-order valence-electron chi connectivity index (χ0n) is 22.0. The van der Waals surface area contributed by atoms with Crippen molar-refractivity contribution in [3.8, 4) is 11.5 Å². The second kappa shape index (κ2) is 13.3. The van der Waals surface area contributed by atoms with Crippen molar-refractivity contribution in [1.29, 1.82) is 0 Å². The van der Waals surface area contributed by atoms with E-state index in [1.165, 1.54) is 66.7 Å². The van der Waals surface area contributed by atoms with Crippen molar-refractivity contribution in [2.45, 2.75) is 0 Å². The number of nitrogens with zero attached hydrogens (tertiary/aromatic N) is 3. The molecule has 0 fully saturated rings. The number of imide groups is 1. The number of carbonyl (C=O) groups excluding carboxylic acids is 4. The summed E-state index contributed by atoms with van der Waals surface area (Å²) in [6, 6.07) is 15.3.